The number of benzene rings is 10. The quantitative estimate of drug-likeness (QED) is 0.103. The lowest BCUT2D eigenvalue weighted by molar-refractivity contribution is 0.361. The van der Waals surface area contributed by atoms with Crippen LogP contribution < -0.4 is 29.6 Å². The van der Waals surface area contributed by atoms with Gasteiger partial charge < -0.3 is 13.0 Å². The zero-order valence-corrected chi connectivity index (χ0v) is 33.2. The highest BCUT2D eigenvalue weighted by atomic mass is 28.5. The van der Waals surface area contributed by atoms with E-state index in [1.807, 2.05) is 24.3 Å². The van der Waals surface area contributed by atoms with Gasteiger partial charge >= 0.3 is 17.1 Å². The Morgan fingerprint density at radius 2 is 0.526 bits per heavy atom. The lowest BCUT2D eigenvalue weighted by atomic mass is 10.0. The zero-order chi connectivity index (χ0) is 38.1. The van der Waals surface area contributed by atoms with Crippen LogP contribution in [0.1, 0.15) is 0 Å². The van der Waals surface area contributed by atoms with E-state index in [0.717, 1.165) is 64.6 Å². The average molecular weight is 767 g/mol. The van der Waals surface area contributed by atoms with Crippen LogP contribution in [-0.2, 0) is 4.12 Å². The monoisotopic (exact) mass is 766 g/mol. The molecule has 0 unspecified atom stereocenters. The molecule has 0 radical (unpaired) electrons. The van der Waals surface area contributed by atoms with Gasteiger partial charge in [0.15, 0.2) is 0 Å². The molecule has 0 amide bonds. The number of fused-ring (bicyclic) bond motifs is 4. The van der Waals surface area contributed by atoms with E-state index in [9.17, 15) is 0 Å². The zero-order valence-electron chi connectivity index (χ0n) is 31.2. The highest BCUT2D eigenvalue weighted by molar-refractivity contribution is 7.05. The SMILES string of the molecule is c1ccc([Si](Oc2cccc3cc4ccccc4cc23)(O[Si](Oc2cccc3cc4ccccc4cc23)(c2ccccc2)c2ccccc2)c2ccccc2)cc1. The fraction of sp³-hybridized carbons (Fsp3) is 0. The molecular weight excluding hydrogens is 729 g/mol. The third kappa shape index (κ3) is 6.38. The van der Waals surface area contributed by atoms with Crippen molar-refractivity contribution in [2.75, 3.05) is 0 Å². The van der Waals surface area contributed by atoms with E-state index in [4.69, 9.17) is 13.0 Å². The fourth-order valence-electron chi connectivity index (χ4n) is 8.04. The first-order chi connectivity index (χ1) is 28.2. The molecule has 3 nitrogen and oxygen atoms in total. The van der Waals surface area contributed by atoms with Crippen molar-refractivity contribution >= 4 is 81.0 Å². The van der Waals surface area contributed by atoms with Crippen molar-refractivity contribution in [3.63, 3.8) is 0 Å². The first-order valence-corrected chi connectivity index (χ1v) is 23.0. The first-order valence-electron chi connectivity index (χ1n) is 19.3. The minimum absolute atomic E-state index is 0.762. The van der Waals surface area contributed by atoms with E-state index < -0.39 is 17.1 Å². The van der Waals surface area contributed by atoms with Gasteiger partial charge in [0.25, 0.3) is 0 Å². The fourth-order valence-corrected chi connectivity index (χ4v) is 16.5. The molecule has 0 aliphatic carbocycles. The Labute approximate surface area is 334 Å². The summed E-state index contributed by atoms with van der Waals surface area (Å²) in [6.07, 6.45) is 0. The van der Waals surface area contributed by atoms with E-state index in [1.165, 1.54) is 10.8 Å². The van der Waals surface area contributed by atoms with Crippen molar-refractivity contribution in [1.29, 1.82) is 0 Å². The predicted octanol–water partition coefficient (Wildman–Crippen LogP) is 10.3. The molecule has 57 heavy (non-hydrogen) atoms. The van der Waals surface area contributed by atoms with Crippen molar-refractivity contribution < 1.29 is 13.0 Å². The third-order valence-corrected chi connectivity index (χ3v) is 18.5. The molecule has 0 aromatic heterocycles. The molecule has 10 aromatic rings. The molecule has 0 spiro atoms. The Kier molecular flexibility index (Phi) is 8.96. The molecular formula is C52H38O3Si2. The van der Waals surface area contributed by atoms with E-state index in [1.54, 1.807) is 0 Å². The van der Waals surface area contributed by atoms with Gasteiger partial charge in [0.1, 0.15) is 11.5 Å². The largest absolute Gasteiger partial charge is 0.514 e. The van der Waals surface area contributed by atoms with Crippen LogP contribution in [0.4, 0.5) is 0 Å². The van der Waals surface area contributed by atoms with Crippen LogP contribution in [-0.4, -0.2) is 17.1 Å². The summed E-state index contributed by atoms with van der Waals surface area (Å²) in [5.74, 6) is 1.52. The summed E-state index contributed by atoms with van der Waals surface area (Å²) in [4.78, 5) is 0. The van der Waals surface area contributed by atoms with Gasteiger partial charge in [-0.3, -0.25) is 0 Å². The Bertz CT molecular complexity index is 2710. The molecule has 0 saturated heterocycles. The van der Waals surface area contributed by atoms with E-state index >= 15 is 0 Å². The highest BCUT2D eigenvalue weighted by Crippen LogP contribution is 2.35. The summed E-state index contributed by atoms with van der Waals surface area (Å²) in [5, 5.41) is 12.8. The molecule has 10 aromatic carbocycles. The Balaban J connectivity index is 1.27. The van der Waals surface area contributed by atoms with Crippen LogP contribution in [0.25, 0.3) is 43.1 Å². The van der Waals surface area contributed by atoms with Gasteiger partial charge in [-0.05, 0) is 68.7 Å². The smallest absolute Gasteiger partial charge is 0.461 e. The van der Waals surface area contributed by atoms with E-state index in [2.05, 4.69) is 206 Å². The summed E-state index contributed by atoms with van der Waals surface area (Å²) < 4.78 is 23.9. The summed E-state index contributed by atoms with van der Waals surface area (Å²) in [6, 6.07) is 80.6. The second-order valence-electron chi connectivity index (χ2n) is 14.4. The highest BCUT2D eigenvalue weighted by Gasteiger charge is 2.57. The topological polar surface area (TPSA) is 27.7 Å². The van der Waals surface area contributed by atoms with Crippen LogP contribution >= 0.6 is 0 Å². The van der Waals surface area contributed by atoms with Crippen LogP contribution in [0.3, 0.4) is 0 Å². The van der Waals surface area contributed by atoms with Gasteiger partial charge in [0, 0.05) is 31.5 Å². The van der Waals surface area contributed by atoms with Gasteiger partial charge in [-0.25, -0.2) is 0 Å². The molecule has 272 valence electrons. The van der Waals surface area contributed by atoms with Gasteiger partial charge in [-0.2, -0.15) is 0 Å². The van der Waals surface area contributed by atoms with Crippen molar-refractivity contribution in [3.05, 3.63) is 231 Å². The third-order valence-electron chi connectivity index (χ3n) is 10.8. The second-order valence-corrected chi connectivity index (χ2v) is 20.4. The molecule has 0 N–H and O–H groups in total. The molecule has 10 rings (SSSR count). The molecule has 0 aliphatic rings. The Hall–Kier alpha value is -6.77. The van der Waals surface area contributed by atoms with Crippen LogP contribution in [0.5, 0.6) is 11.5 Å². The lowest BCUT2D eigenvalue weighted by Gasteiger charge is -2.41. The maximum atomic E-state index is 8.28. The Morgan fingerprint density at radius 1 is 0.246 bits per heavy atom. The number of rotatable bonds is 10. The molecule has 0 bridgehead atoms. The molecule has 0 atom stereocenters. The number of hydrogen-bond acceptors (Lipinski definition) is 3. The van der Waals surface area contributed by atoms with Crippen molar-refractivity contribution in [2.24, 2.45) is 0 Å². The van der Waals surface area contributed by atoms with Crippen LogP contribution in [0.15, 0.2) is 231 Å². The van der Waals surface area contributed by atoms with Gasteiger partial charge in [0.05, 0.1) is 0 Å². The summed E-state index contributed by atoms with van der Waals surface area (Å²) >= 11 is 0. The maximum absolute atomic E-state index is 8.28. The summed E-state index contributed by atoms with van der Waals surface area (Å²) in [5.41, 5.74) is 0. The lowest BCUT2D eigenvalue weighted by Crippen LogP contribution is -2.77. The standard InChI is InChI=1S/C52H38O3Si2/c1-5-25-45(26-6-1)56(46-27-7-2-8-28-46,53-51-33-17-23-43-35-39-19-13-15-21-41(39)37-49(43)51)55-57(47-29-9-3-10-30-47,48-31-11-4-12-32-48)54-52-34-18-24-44-36-40-20-14-16-22-42(40)38-50(44)52/h1-38H. The van der Waals surface area contributed by atoms with Crippen molar-refractivity contribution in [1.82, 2.24) is 0 Å². The average Bonchev–Trinajstić information content (AvgIpc) is 3.28. The van der Waals surface area contributed by atoms with Crippen LogP contribution in [0, 0.1) is 0 Å². The van der Waals surface area contributed by atoms with Crippen molar-refractivity contribution in [2.45, 2.75) is 0 Å². The molecule has 5 heteroatoms. The van der Waals surface area contributed by atoms with Gasteiger partial charge in [0.2, 0.25) is 0 Å². The van der Waals surface area contributed by atoms with Gasteiger partial charge in [-0.1, -0.05) is 194 Å². The normalized spacial score (nSPS) is 11.9. The summed E-state index contributed by atoms with van der Waals surface area (Å²) in [7, 11) is -7.61. The summed E-state index contributed by atoms with van der Waals surface area (Å²) in [6.45, 7) is 0. The van der Waals surface area contributed by atoms with Crippen LogP contribution in [0.2, 0.25) is 0 Å². The molecule has 0 aliphatic heterocycles. The minimum atomic E-state index is -3.80. The van der Waals surface area contributed by atoms with Gasteiger partial charge in [-0.15, -0.1) is 0 Å². The maximum Gasteiger partial charge on any atom is 0.461 e. The van der Waals surface area contributed by atoms with E-state index in [-0.39, 0.29) is 0 Å². The minimum Gasteiger partial charge on any atom is -0.514 e. The molecule has 0 heterocycles. The first kappa shape index (κ1) is 34.7. The van der Waals surface area contributed by atoms with Crippen molar-refractivity contribution in [3.8, 4) is 11.5 Å². The predicted molar refractivity (Wildman–Crippen MR) is 241 cm³/mol. The number of hydrogen-bond donors (Lipinski definition) is 0. The van der Waals surface area contributed by atoms with E-state index in [0.29, 0.717) is 0 Å². The molecule has 0 fully saturated rings. The second kappa shape index (κ2) is 14.7. The molecule has 0 saturated carbocycles. The Morgan fingerprint density at radius 3 is 0.860 bits per heavy atom.